The Morgan fingerprint density at radius 2 is 2.21 bits per heavy atom. The van der Waals surface area contributed by atoms with Crippen LogP contribution in [0.1, 0.15) is 13.8 Å². The fourth-order valence-corrected chi connectivity index (χ4v) is 1.52. The number of thioether (sulfide) groups is 1. The molecule has 1 unspecified atom stereocenters. The van der Waals surface area contributed by atoms with Crippen LogP contribution in [0.2, 0.25) is 0 Å². The van der Waals surface area contributed by atoms with Gasteiger partial charge in [-0.1, -0.05) is 6.92 Å². The van der Waals surface area contributed by atoms with Gasteiger partial charge in [-0.05, 0) is 6.92 Å². The molecule has 0 rings (SSSR count). The topological polar surface area (TPSA) is 102 Å². The minimum absolute atomic E-state index is 0.235. The first-order chi connectivity index (χ1) is 6.43. The minimum Gasteiger partial charge on any atom is -0.480 e. The molecule has 0 saturated carbocycles. The molecule has 0 aliphatic heterocycles. The zero-order valence-electron chi connectivity index (χ0n) is 8.43. The molecular formula is C8H17N3O2S. The molecule has 0 aliphatic rings. The predicted octanol–water partition coefficient (Wildman–Crippen LogP) is -0.103. The third-order valence-electron chi connectivity index (χ3n) is 1.48. The van der Waals surface area contributed by atoms with E-state index in [0.717, 1.165) is 0 Å². The van der Waals surface area contributed by atoms with Crippen LogP contribution in [0, 0.1) is 0 Å². The number of carbonyl (C=O) groups is 1. The highest BCUT2D eigenvalue weighted by molar-refractivity contribution is 8.00. The highest BCUT2D eigenvalue weighted by Gasteiger charge is 2.13. The molecule has 0 amide bonds. The van der Waals surface area contributed by atoms with Gasteiger partial charge in [0.05, 0.1) is 12.4 Å². The lowest BCUT2D eigenvalue weighted by molar-refractivity contribution is -0.137. The maximum Gasteiger partial charge on any atom is 0.321 e. The lowest BCUT2D eigenvalue weighted by Crippen LogP contribution is -2.33. The van der Waals surface area contributed by atoms with E-state index < -0.39 is 12.0 Å². The van der Waals surface area contributed by atoms with E-state index in [1.807, 2.05) is 6.92 Å². The van der Waals surface area contributed by atoms with E-state index in [4.69, 9.17) is 16.6 Å². The van der Waals surface area contributed by atoms with Crippen molar-refractivity contribution in [3.8, 4) is 0 Å². The van der Waals surface area contributed by atoms with E-state index in [1.165, 1.54) is 11.8 Å². The third kappa shape index (κ3) is 6.73. The molecule has 5 N–H and O–H groups in total. The summed E-state index contributed by atoms with van der Waals surface area (Å²) >= 11 is 1.49. The first kappa shape index (κ1) is 13.2. The van der Waals surface area contributed by atoms with Crippen molar-refractivity contribution < 1.29 is 9.90 Å². The Morgan fingerprint density at radius 3 is 2.64 bits per heavy atom. The van der Waals surface area contributed by atoms with Gasteiger partial charge < -0.3 is 16.6 Å². The standard InChI is InChI=1S/C8H17N3O2S/c1-5(3-11-6(2)9)14-4-7(10)8(12)13/h5,7H,3-4,10H2,1-2H3,(H2,9,11)(H,12,13)/t5?,7-/m1/s1. The van der Waals surface area contributed by atoms with Crippen molar-refractivity contribution in [2.75, 3.05) is 12.3 Å². The maximum absolute atomic E-state index is 10.4. The van der Waals surface area contributed by atoms with Gasteiger partial charge in [-0.15, -0.1) is 0 Å². The van der Waals surface area contributed by atoms with Gasteiger partial charge in [-0.2, -0.15) is 11.8 Å². The molecule has 0 aliphatic carbocycles. The number of amidine groups is 1. The fourth-order valence-electron chi connectivity index (χ4n) is 0.664. The summed E-state index contributed by atoms with van der Waals surface area (Å²) in [7, 11) is 0. The monoisotopic (exact) mass is 219 g/mol. The van der Waals surface area contributed by atoms with Crippen LogP contribution in [0.15, 0.2) is 4.99 Å². The van der Waals surface area contributed by atoms with Gasteiger partial charge in [0.2, 0.25) is 0 Å². The van der Waals surface area contributed by atoms with Crippen LogP contribution in [0.4, 0.5) is 0 Å². The second kappa shape index (κ2) is 6.67. The largest absolute Gasteiger partial charge is 0.480 e. The summed E-state index contributed by atoms with van der Waals surface area (Å²) < 4.78 is 0. The number of aliphatic carboxylic acids is 1. The van der Waals surface area contributed by atoms with Gasteiger partial charge in [0, 0.05) is 11.0 Å². The molecule has 14 heavy (non-hydrogen) atoms. The second-order valence-electron chi connectivity index (χ2n) is 3.07. The van der Waals surface area contributed by atoms with E-state index >= 15 is 0 Å². The molecule has 0 aromatic heterocycles. The van der Waals surface area contributed by atoms with E-state index in [0.29, 0.717) is 18.1 Å². The normalized spacial score (nSPS) is 16.4. The molecule has 5 nitrogen and oxygen atoms in total. The summed E-state index contributed by atoms with van der Waals surface area (Å²) in [6.45, 7) is 4.28. The van der Waals surface area contributed by atoms with Crippen LogP contribution in [0.25, 0.3) is 0 Å². The lowest BCUT2D eigenvalue weighted by Gasteiger charge is -2.10. The third-order valence-corrected chi connectivity index (χ3v) is 2.74. The highest BCUT2D eigenvalue weighted by Crippen LogP contribution is 2.11. The van der Waals surface area contributed by atoms with Gasteiger partial charge in [0.1, 0.15) is 6.04 Å². The number of hydrogen-bond donors (Lipinski definition) is 3. The Labute approximate surface area is 87.9 Å². The average molecular weight is 219 g/mol. The predicted molar refractivity (Wildman–Crippen MR) is 59.7 cm³/mol. The van der Waals surface area contributed by atoms with E-state index in [-0.39, 0.29) is 5.25 Å². The second-order valence-corrected chi connectivity index (χ2v) is 4.54. The molecule has 0 radical (unpaired) electrons. The number of hydrogen-bond acceptors (Lipinski definition) is 4. The minimum atomic E-state index is -0.969. The fraction of sp³-hybridized carbons (Fsp3) is 0.750. The van der Waals surface area contributed by atoms with Crippen LogP contribution in [0.3, 0.4) is 0 Å². The van der Waals surface area contributed by atoms with Crippen molar-refractivity contribution in [1.82, 2.24) is 0 Å². The summed E-state index contributed by atoms with van der Waals surface area (Å²) in [5.41, 5.74) is 10.7. The molecule has 2 atom stereocenters. The zero-order chi connectivity index (χ0) is 11.1. The van der Waals surface area contributed by atoms with E-state index in [1.54, 1.807) is 6.92 Å². The van der Waals surface area contributed by atoms with Gasteiger partial charge in [-0.25, -0.2) is 0 Å². The summed E-state index contributed by atoms with van der Waals surface area (Å²) in [4.78, 5) is 14.4. The number of nitrogens with zero attached hydrogens (tertiary/aromatic N) is 1. The van der Waals surface area contributed by atoms with Crippen molar-refractivity contribution in [2.45, 2.75) is 25.1 Å². The number of rotatable bonds is 6. The van der Waals surface area contributed by atoms with Crippen molar-refractivity contribution in [1.29, 1.82) is 0 Å². The van der Waals surface area contributed by atoms with Crippen molar-refractivity contribution >= 4 is 23.6 Å². The number of aliphatic imine (C=N–C) groups is 1. The molecule has 0 heterocycles. The van der Waals surface area contributed by atoms with Crippen LogP contribution in [-0.2, 0) is 4.79 Å². The maximum atomic E-state index is 10.4. The van der Waals surface area contributed by atoms with Crippen LogP contribution in [-0.4, -0.2) is 40.5 Å². The molecule has 0 bridgehead atoms. The Kier molecular flexibility index (Phi) is 6.31. The smallest absolute Gasteiger partial charge is 0.321 e. The first-order valence-corrected chi connectivity index (χ1v) is 5.35. The molecule has 0 aromatic rings. The Hall–Kier alpha value is -0.750. The summed E-state index contributed by atoms with van der Waals surface area (Å²) in [6.07, 6.45) is 0. The van der Waals surface area contributed by atoms with Gasteiger partial charge in [0.15, 0.2) is 0 Å². The van der Waals surface area contributed by atoms with Gasteiger partial charge >= 0.3 is 5.97 Å². The molecule has 0 fully saturated rings. The van der Waals surface area contributed by atoms with E-state index in [2.05, 4.69) is 4.99 Å². The summed E-state index contributed by atoms with van der Waals surface area (Å²) in [6, 6.07) is -0.801. The molecule has 0 saturated heterocycles. The van der Waals surface area contributed by atoms with Crippen molar-refractivity contribution in [2.24, 2.45) is 16.5 Å². The molecule has 6 heteroatoms. The SMILES string of the molecule is CC(N)=NCC(C)SC[C@@H](N)C(=O)O. The Balaban J connectivity index is 3.69. The van der Waals surface area contributed by atoms with Crippen LogP contribution in [0.5, 0.6) is 0 Å². The van der Waals surface area contributed by atoms with Crippen LogP contribution >= 0.6 is 11.8 Å². The Morgan fingerprint density at radius 1 is 1.64 bits per heavy atom. The molecule has 0 aromatic carbocycles. The summed E-state index contributed by atoms with van der Waals surface area (Å²) in [5, 5.41) is 8.76. The number of carboxylic acid groups (broad SMARTS) is 1. The van der Waals surface area contributed by atoms with Crippen LogP contribution < -0.4 is 11.5 Å². The number of carboxylic acids is 1. The van der Waals surface area contributed by atoms with Crippen molar-refractivity contribution in [3.63, 3.8) is 0 Å². The summed E-state index contributed by atoms with van der Waals surface area (Å²) in [5.74, 6) is -0.0292. The zero-order valence-corrected chi connectivity index (χ0v) is 9.25. The van der Waals surface area contributed by atoms with Crippen molar-refractivity contribution in [3.05, 3.63) is 0 Å². The van der Waals surface area contributed by atoms with Gasteiger partial charge in [0.25, 0.3) is 0 Å². The first-order valence-electron chi connectivity index (χ1n) is 4.30. The molecule has 0 spiro atoms. The van der Waals surface area contributed by atoms with Gasteiger partial charge in [-0.3, -0.25) is 9.79 Å². The molecular weight excluding hydrogens is 202 g/mol. The van der Waals surface area contributed by atoms with E-state index in [9.17, 15) is 4.79 Å². The quantitative estimate of drug-likeness (QED) is 0.427. The lowest BCUT2D eigenvalue weighted by atomic mass is 10.4. The number of nitrogens with two attached hydrogens (primary N) is 2. The molecule has 82 valence electrons. The average Bonchev–Trinajstić information content (AvgIpc) is 2.10. The highest BCUT2D eigenvalue weighted by atomic mass is 32.2. The Bertz CT molecular complexity index is 217.